The number of amides is 1. The summed E-state index contributed by atoms with van der Waals surface area (Å²) in [5.74, 6) is -0.297. The molecule has 1 atom stereocenters. The Bertz CT molecular complexity index is 450. The molecule has 0 bridgehead atoms. The number of rotatable bonds is 4. The van der Waals surface area contributed by atoms with Crippen LogP contribution in [0.5, 0.6) is 5.75 Å². The number of halogens is 2. The minimum absolute atomic E-state index is 0.113. The predicted octanol–water partition coefficient (Wildman–Crippen LogP) is 3.60. The molecule has 0 aromatic heterocycles. The van der Waals surface area contributed by atoms with Crippen molar-refractivity contribution in [2.45, 2.75) is 31.8 Å². The average molecular weight is 304 g/mol. The minimum Gasteiger partial charge on any atom is -0.505 e. The third-order valence-electron chi connectivity index (χ3n) is 3.02. The lowest BCUT2D eigenvalue weighted by Crippen LogP contribution is -2.15. The van der Waals surface area contributed by atoms with E-state index in [1.165, 1.54) is 12.1 Å². The second kappa shape index (κ2) is 6.46. The fraction of sp³-hybridized carbons (Fsp3) is 0.462. The molecule has 2 N–H and O–H groups in total. The Morgan fingerprint density at radius 1 is 1.42 bits per heavy atom. The summed E-state index contributed by atoms with van der Waals surface area (Å²) in [6.45, 7) is 0.787. The molecule has 0 aliphatic carbocycles. The van der Waals surface area contributed by atoms with Crippen LogP contribution in [-0.4, -0.2) is 23.7 Å². The maximum atomic E-state index is 11.8. The third-order valence-corrected chi connectivity index (χ3v) is 3.59. The highest BCUT2D eigenvalue weighted by atomic mass is 35.5. The van der Waals surface area contributed by atoms with E-state index in [-0.39, 0.29) is 27.8 Å². The highest BCUT2D eigenvalue weighted by molar-refractivity contribution is 6.37. The molecule has 4 nitrogen and oxygen atoms in total. The molecule has 0 saturated carbocycles. The molecular weight excluding hydrogens is 289 g/mol. The zero-order valence-electron chi connectivity index (χ0n) is 10.3. The molecule has 1 heterocycles. The number of phenolic OH excluding ortho intramolecular Hbond substituents is 1. The van der Waals surface area contributed by atoms with Crippen molar-refractivity contribution in [3.8, 4) is 5.75 Å². The number of carbonyl (C=O) groups excluding carboxylic acids is 1. The summed E-state index contributed by atoms with van der Waals surface area (Å²) in [7, 11) is 0. The molecule has 1 aromatic carbocycles. The highest BCUT2D eigenvalue weighted by Crippen LogP contribution is 2.34. The van der Waals surface area contributed by atoms with Crippen LogP contribution in [0.2, 0.25) is 10.0 Å². The van der Waals surface area contributed by atoms with Crippen molar-refractivity contribution in [3.05, 3.63) is 22.2 Å². The van der Waals surface area contributed by atoms with Gasteiger partial charge in [-0.15, -0.1) is 0 Å². The van der Waals surface area contributed by atoms with Gasteiger partial charge in [-0.05, 0) is 31.4 Å². The molecule has 1 aliphatic rings. The zero-order valence-corrected chi connectivity index (χ0v) is 11.8. The number of hydrogen-bond donors (Lipinski definition) is 2. The molecular formula is C13H15Cl2NO3. The Labute approximate surface area is 121 Å². The van der Waals surface area contributed by atoms with E-state index in [1.54, 1.807) is 0 Å². The quantitative estimate of drug-likeness (QED) is 0.836. The summed E-state index contributed by atoms with van der Waals surface area (Å²) in [4.78, 5) is 11.8. The molecule has 1 fully saturated rings. The van der Waals surface area contributed by atoms with Crippen LogP contribution in [0.4, 0.5) is 5.69 Å². The number of hydrogen-bond acceptors (Lipinski definition) is 3. The molecule has 6 heteroatoms. The van der Waals surface area contributed by atoms with Crippen LogP contribution in [-0.2, 0) is 9.53 Å². The lowest BCUT2D eigenvalue weighted by Gasteiger charge is -2.10. The summed E-state index contributed by atoms with van der Waals surface area (Å²) in [5.41, 5.74) is 0.477. The Morgan fingerprint density at radius 2 is 2.11 bits per heavy atom. The smallest absolute Gasteiger partial charge is 0.224 e. The summed E-state index contributed by atoms with van der Waals surface area (Å²) >= 11 is 11.6. The van der Waals surface area contributed by atoms with Crippen LogP contribution in [0.3, 0.4) is 0 Å². The molecule has 0 spiro atoms. The van der Waals surface area contributed by atoms with Crippen LogP contribution in [0.1, 0.15) is 25.7 Å². The third kappa shape index (κ3) is 4.00. The van der Waals surface area contributed by atoms with E-state index < -0.39 is 0 Å². The summed E-state index contributed by atoms with van der Waals surface area (Å²) in [5, 5.41) is 12.3. The van der Waals surface area contributed by atoms with Gasteiger partial charge in [-0.3, -0.25) is 4.79 Å². The molecule has 2 rings (SSSR count). The largest absolute Gasteiger partial charge is 0.505 e. The molecule has 1 unspecified atom stereocenters. The van der Waals surface area contributed by atoms with E-state index >= 15 is 0 Å². The molecule has 1 amide bonds. The van der Waals surface area contributed by atoms with Crippen LogP contribution >= 0.6 is 23.2 Å². The average Bonchev–Trinajstić information content (AvgIpc) is 2.86. The number of aromatic hydroxyl groups is 1. The van der Waals surface area contributed by atoms with Crippen molar-refractivity contribution in [2.75, 3.05) is 11.9 Å². The molecule has 19 heavy (non-hydrogen) atoms. The van der Waals surface area contributed by atoms with Gasteiger partial charge in [0.1, 0.15) is 0 Å². The molecule has 0 radical (unpaired) electrons. The number of carbonyl (C=O) groups is 1. The fourth-order valence-electron chi connectivity index (χ4n) is 2.03. The lowest BCUT2D eigenvalue weighted by molar-refractivity contribution is -0.116. The highest BCUT2D eigenvalue weighted by Gasteiger charge is 2.17. The van der Waals surface area contributed by atoms with E-state index in [0.717, 1.165) is 19.4 Å². The number of benzene rings is 1. The second-order valence-electron chi connectivity index (χ2n) is 4.51. The first-order valence-corrected chi connectivity index (χ1v) is 6.91. The van der Waals surface area contributed by atoms with Crippen molar-refractivity contribution in [1.29, 1.82) is 0 Å². The van der Waals surface area contributed by atoms with Crippen molar-refractivity contribution in [3.63, 3.8) is 0 Å². The maximum Gasteiger partial charge on any atom is 0.224 e. The van der Waals surface area contributed by atoms with E-state index in [4.69, 9.17) is 27.9 Å². The van der Waals surface area contributed by atoms with Gasteiger partial charge in [0.2, 0.25) is 5.91 Å². The van der Waals surface area contributed by atoms with Gasteiger partial charge in [-0.1, -0.05) is 23.2 Å². The Hall–Kier alpha value is -0.970. The first-order chi connectivity index (χ1) is 9.06. The monoisotopic (exact) mass is 303 g/mol. The fourth-order valence-corrected chi connectivity index (χ4v) is 2.51. The first-order valence-electron chi connectivity index (χ1n) is 6.15. The van der Waals surface area contributed by atoms with Crippen LogP contribution in [0.25, 0.3) is 0 Å². The standard InChI is InChI=1S/C13H15Cl2NO3/c14-10-6-8(7-11(15)13(10)18)16-12(17)4-3-9-2-1-5-19-9/h6-7,9,18H,1-5H2,(H,16,17). The van der Waals surface area contributed by atoms with Crippen LogP contribution in [0, 0.1) is 0 Å². The van der Waals surface area contributed by atoms with E-state index in [1.807, 2.05) is 0 Å². The predicted molar refractivity (Wildman–Crippen MR) is 75.0 cm³/mol. The minimum atomic E-state index is -0.180. The van der Waals surface area contributed by atoms with Gasteiger partial charge in [-0.25, -0.2) is 0 Å². The molecule has 104 valence electrons. The van der Waals surface area contributed by atoms with Crippen molar-refractivity contribution in [1.82, 2.24) is 0 Å². The van der Waals surface area contributed by atoms with Gasteiger partial charge >= 0.3 is 0 Å². The van der Waals surface area contributed by atoms with Crippen molar-refractivity contribution < 1.29 is 14.6 Å². The van der Waals surface area contributed by atoms with Crippen molar-refractivity contribution in [2.24, 2.45) is 0 Å². The number of phenols is 1. The number of anilines is 1. The first kappa shape index (κ1) is 14.4. The maximum absolute atomic E-state index is 11.8. The van der Waals surface area contributed by atoms with E-state index in [9.17, 15) is 9.90 Å². The molecule has 1 aliphatic heterocycles. The summed E-state index contributed by atoms with van der Waals surface area (Å²) < 4.78 is 5.45. The molecule has 1 aromatic rings. The van der Waals surface area contributed by atoms with Gasteiger partial charge in [0.05, 0.1) is 16.1 Å². The van der Waals surface area contributed by atoms with E-state index in [2.05, 4.69) is 5.32 Å². The van der Waals surface area contributed by atoms with Crippen molar-refractivity contribution >= 4 is 34.8 Å². The normalized spacial score (nSPS) is 18.5. The Balaban J connectivity index is 1.87. The Morgan fingerprint density at radius 3 is 2.68 bits per heavy atom. The SMILES string of the molecule is O=C(CCC1CCCO1)Nc1cc(Cl)c(O)c(Cl)c1. The topological polar surface area (TPSA) is 58.6 Å². The van der Waals surface area contributed by atoms with Gasteiger partial charge in [0.15, 0.2) is 5.75 Å². The van der Waals surface area contributed by atoms with Crippen LogP contribution in [0.15, 0.2) is 12.1 Å². The lowest BCUT2D eigenvalue weighted by atomic mass is 10.1. The summed E-state index contributed by atoms with van der Waals surface area (Å²) in [6.07, 6.45) is 3.38. The van der Waals surface area contributed by atoms with Gasteiger partial charge < -0.3 is 15.2 Å². The number of ether oxygens (including phenoxy) is 1. The summed E-state index contributed by atoms with van der Waals surface area (Å²) in [6, 6.07) is 2.93. The Kier molecular flexibility index (Phi) is 4.91. The molecule has 1 saturated heterocycles. The zero-order chi connectivity index (χ0) is 13.8. The van der Waals surface area contributed by atoms with Crippen LogP contribution < -0.4 is 5.32 Å². The number of nitrogens with one attached hydrogen (secondary N) is 1. The van der Waals surface area contributed by atoms with Gasteiger partial charge in [0.25, 0.3) is 0 Å². The van der Waals surface area contributed by atoms with E-state index in [0.29, 0.717) is 18.5 Å². The second-order valence-corrected chi connectivity index (χ2v) is 5.32. The van der Waals surface area contributed by atoms with Gasteiger partial charge in [0, 0.05) is 18.7 Å². The van der Waals surface area contributed by atoms with Gasteiger partial charge in [-0.2, -0.15) is 0 Å².